The molecule has 1 aromatic carbocycles. The lowest BCUT2D eigenvalue weighted by molar-refractivity contribution is -0.0318. The molecule has 1 aromatic rings. The molecule has 1 fully saturated rings. The highest BCUT2D eigenvalue weighted by molar-refractivity contribution is 5.79. The zero-order valence-corrected chi connectivity index (χ0v) is 18.6. The van der Waals surface area contributed by atoms with E-state index in [1.165, 1.54) is 5.56 Å². The van der Waals surface area contributed by atoms with Crippen molar-refractivity contribution >= 4 is 5.96 Å². The molecule has 1 aliphatic heterocycles. The largest absolute Gasteiger partial charge is 0.493 e. The lowest BCUT2D eigenvalue weighted by atomic mass is 10.1. The van der Waals surface area contributed by atoms with Crippen LogP contribution in [0, 0.1) is 6.92 Å². The average Bonchev–Trinajstić information content (AvgIpc) is 2.74. The molecule has 0 radical (unpaired) electrons. The Bertz CT molecular complexity index is 645. The third-order valence-electron chi connectivity index (χ3n) is 5.03. The van der Waals surface area contributed by atoms with Crippen molar-refractivity contribution in [3.63, 3.8) is 0 Å². The first kappa shape index (κ1) is 23.3. The Kier molecular flexibility index (Phi) is 10.1. The number of rotatable bonds is 10. The molecule has 7 nitrogen and oxygen atoms in total. The van der Waals surface area contributed by atoms with E-state index in [9.17, 15) is 0 Å². The number of hydrogen-bond acceptors (Lipinski definition) is 5. The van der Waals surface area contributed by atoms with Crippen molar-refractivity contribution in [1.29, 1.82) is 0 Å². The van der Waals surface area contributed by atoms with Gasteiger partial charge in [0.15, 0.2) is 17.5 Å². The quantitative estimate of drug-likeness (QED) is 0.365. The molecule has 0 amide bonds. The van der Waals surface area contributed by atoms with Gasteiger partial charge in [-0.05, 0) is 56.4 Å². The highest BCUT2D eigenvalue weighted by Gasteiger charge is 2.14. The number of aryl methyl sites for hydroxylation is 1. The Labute approximate surface area is 175 Å². The van der Waals surface area contributed by atoms with Crippen LogP contribution < -0.4 is 14.8 Å². The molecule has 1 N–H and O–H groups in total. The van der Waals surface area contributed by atoms with E-state index < -0.39 is 0 Å². The van der Waals surface area contributed by atoms with Gasteiger partial charge in [-0.1, -0.05) is 0 Å². The Hall–Kier alpha value is -1.99. The maximum atomic E-state index is 5.93. The number of nitrogens with zero attached hydrogens (tertiary/aromatic N) is 2. The number of nitrogens with one attached hydrogen (secondary N) is 1. The summed E-state index contributed by atoms with van der Waals surface area (Å²) in [6, 6.07) is 4.05. The van der Waals surface area contributed by atoms with Crippen LogP contribution in [0.1, 0.15) is 37.3 Å². The smallest absolute Gasteiger partial charge is 0.193 e. The molecule has 0 saturated carbocycles. The minimum Gasteiger partial charge on any atom is -0.493 e. The summed E-state index contributed by atoms with van der Waals surface area (Å²) in [5, 5.41) is 3.38. The number of ether oxygens (including phenoxy) is 4. The van der Waals surface area contributed by atoms with E-state index in [2.05, 4.69) is 31.1 Å². The first-order chi connectivity index (χ1) is 14.1. The van der Waals surface area contributed by atoms with Crippen molar-refractivity contribution in [3.8, 4) is 11.5 Å². The minimum absolute atomic E-state index is 0.344. The van der Waals surface area contributed by atoms with Crippen LogP contribution in [-0.2, 0) is 16.0 Å². The van der Waals surface area contributed by atoms with Gasteiger partial charge < -0.3 is 29.2 Å². The van der Waals surface area contributed by atoms with Crippen LogP contribution in [0.25, 0.3) is 0 Å². The first-order valence-electron chi connectivity index (χ1n) is 10.5. The Morgan fingerprint density at radius 3 is 2.55 bits per heavy atom. The number of hydrogen-bond donors (Lipinski definition) is 1. The average molecular weight is 408 g/mol. The Morgan fingerprint density at radius 2 is 1.90 bits per heavy atom. The van der Waals surface area contributed by atoms with Gasteiger partial charge >= 0.3 is 0 Å². The molecule has 164 valence electrons. The normalized spacial score (nSPS) is 15.3. The third-order valence-corrected chi connectivity index (χ3v) is 5.03. The summed E-state index contributed by atoms with van der Waals surface area (Å²) in [4.78, 5) is 6.91. The molecule has 2 rings (SSSR count). The van der Waals surface area contributed by atoms with Gasteiger partial charge in [-0.25, -0.2) is 0 Å². The van der Waals surface area contributed by atoms with E-state index in [0.29, 0.717) is 6.10 Å². The van der Waals surface area contributed by atoms with E-state index >= 15 is 0 Å². The topological polar surface area (TPSA) is 64.6 Å². The fraction of sp³-hybridized carbons (Fsp3) is 0.682. The van der Waals surface area contributed by atoms with Crippen LogP contribution in [0.4, 0.5) is 0 Å². The van der Waals surface area contributed by atoms with Gasteiger partial charge in [0, 0.05) is 46.5 Å². The summed E-state index contributed by atoms with van der Waals surface area (Å²) >= 11 is 0. The SMILES string of the molecule is CCNC(=NCCCOC1CCOCC1)N(C)Cc1cc(OC)c(OC)cc1C. The van der Waals surface area contributed by atoms with Crippen LogP contribution in [-0.4, -0.2) is 71.1 Å². The lowest BCUT2D eigenvalue weighted by Crippen LogP contribution is -2.38. The molecule has 0 aliphatic carbocycles. The molecular weight excluding hydrogens is 370 g/mol. The summed E-state index contributed by atoms with van der Waals surface area (Å²) in [7, 11) is 5.37. The van der Waals surface area contributed by atoms with Crippen molar-refractivity contribution in [3.05, 3.63) is 23.3 Å². The fourth-order valence-corrected chi connectivity index (χ4v) is 3.34. The Morgan fingerprint density at radius 1 is 1.21 bits per heavy atom. The fourth-order valence-electron chi connectivity index (χ4n) is 3.34. The van der Waals surface area contributed by atoms with E-state index in [1.54, 1.807) is 14.2 Å². The highest BCUT2D eigenvalue weighted by atomic mass is 16.5. The maximum Gasteiger partial charge on any atom is 0.193 e. The first-order valence-corrected chi connectivity index (χ1v) is 10.5. The van der Waals surface area contributed by atoms with Gasteiger partial charge in [0.2, 0.25) is 0 Å². The van der Waals surface area contributed by atoms with Crippen molar-refractivity contribution in [2.45, 2.75) is 45.8 Å². The number of benzene rings is 1. The van der Waals surface area contributed by atoms with Gasteiger partial charge in [-0.3, -0.25) is 4.99 Å². The van der Waals surface area contributed by atoms with Gasteiger partial charge in [-0.15, -0.1) is 0 Å². The van der Waals surface area contributed by atoms with Crippen LogP contribution in [0.3, 0.4) is 0 Å². The van der Waals surface area contributed by atoms with Gasteiger partial charge in [0.05, 0.1) is 20.3 Å². The molecule has 29 heavy (non-hydrogen) atoms. The van der Waals surface area contributed by atoms with Crippen molar-refractivity contribution in [2.75, 3.05) is 54.2 Å². The predicted molar refractivity (Wildman–Crippen MR) is 116 cm³/mol. The standard InChI is InChI=1S/C22H37N3O4/c1-6-23-22(24-10-7-11-29-19-8-12-28-13-9-19)25(3)16-18-15-21(27-5)20(26-4)14-17(18)2/h14-15,19H,6-13,16H2,1-5H3,(H,23,24). The number of methoxy groups -OCH3 is 2. The molecule has 0 unspecified atom stereocenters. The molecule has 0 atom stereocenters. The highest BCUT2D eigenvalue weighted by Crippen LogP contribution is 2.30. The number of aliphatic imine (C=N–C) groups is 1. The summed E-state index contributed by atoms with van der Waals surface area (Å²) < 4.78 is 22.1. The van der Waals surface area contributed by atoms with Crippen molar-refractivity contribution in [1.82, 2.24) is 10.2 Å². The third kappa shape index (κ3) is 7.40. The molecule has 1 saturated heterocycles. The summed E-state index contributed by atoms with van der Waals surface area (Å²) in [6.45, 7) is 8.83. The second-order valence-corrected chi connectivity index (χ2v) is 7.26. The van der Waals surface area contributed by atoms with Crippen LogP contribution in [0.15, 0.2) is 17.1 Å². The Balaban J connectivity index is 1.90. The minimum atomic E-state index is 0.344. The van der Waals surface area contributed by atoms with Gasteiger partial charge in [0.1, 0.15) is 0 Å². The van der Waals surface area contributed by atoms with E-state index in [1.807, 2.05) is 12.1 Å². The predicted octanol–water partition coefficient (Wildman–Crippen LogP) is 3.00. The van der Waals surface area contributed by atoms with Crippen molar-refractivity contribution < 1.29 is 18.9 Å². The van der Waals surface area contributed by atoms with Gasteiger partial charge in [0.25, 0.3) is 0 Å². The molecule has 0 spiro atoms. The zero-order valence-electron chi connectivity index (χ0n) is 18.6. The van der Waals surface area contributed by atoms with Crippen LogP contribution in [0.5, 0.6) is 11.5 Å². The number of guanidine groups is 1. The van der Waals surface area contributed by atoms with E-state index in [0.717, 1.165) is 81.7 Å². The van der Waals surface area contributed by atoms with E-state index in [-0.39, 0.29) is 0 Å². The maximum absolute atomic E-state index is 5.93. The molecule has 1 heterocycles. The molecule has 0 bridgehead atoms. The molecule has 7 heteroatoms. The lowest BCUT2D eigenvalue weighted by Gasteiger charge is -2.24. The molecule has 1 aliphatic rings. The van der Waals surface area contributed by atoms with E-state index in [4.69, 9.17) is 23.9 Å². The second-order valence-electron chi connectivity index (χ2n) is 7.26. The summed E-state index contributed by atoms with van der Waals surface area (Å²) in [6.07, 6.45) is 3.25. The summed E-state index contributed by atoms with van der Waals surface area (Å²) in [5.74, 6) is 2.39. The second kappa shape index (κ2) is 12.5. The van der Waals surface area contributed by atoms with Crippen LogP contribution in [0.2, 0.25) is 0 Å². The monoisotopic (exact) mass is 407 g/mol. The van der Waals surface area contributed by atoms with Crippen LogP contribution >= 0.6 is 0 Å². The summed E-state index contributed by atoms with van der Waals surface area (Å²) in [5.41, 5.74) is 2.34. The zero-order chi connectivity index (χ0) is 21.1. The van der Waals surface area contributed by atoms with Crippen molar-refractivity contribution in [2.24, 2.45) is 4.99 Å². The molecule has 0 aromatic heterocycles. The molecular formula is C22H37N3O4. The van der Waals surface area contributed by atoms with Gasteiger partial charge in [-0.2, -0.15) is 0 Å².